The molecule has 0 N–H and O–H groups in total. The molecule has 0 saturated carbocycles. The van der Waals surface area contributed by atoms with Crippen molar-refractivity contribution in [3.05, 3.63) is 54.3 Å². The monoisotopic (exact) mass is 378 g/mol. The smallest absolute Gasteiger partial charge is 0.243 e. The topological polar surface area (TPSA) is 49.9 Å². The van der Waals surface area contributed by atoms with Crippen LogP contribution in [0.2, 0.25) is 0 Å². The SMILES string of the molecule is CC(C)Oc1ccc(N2CCN(S(=O)(=O)c3ccc(F)cc3)CC2)cc1. The summed E-state index contributed by atoms with van der Waals surface area (Å²) in [4.78, 5) is 2.28. The largest absolute Gasteiger partial charge is 0.491 e. The van der Waals surface area contributed by atoms with Gasteiger partial charge in [0.1, 0.15) is 11.6 Å². The Hall–Kier alpha value is -2.12. The Kier molecular flexibility index (Phi) is 5.48. The zero-order chi connectivity index (χ0) is 18.7. The van der Waals surface area contributed by atoms with Crippen LogP contribution in [0.4, 0.5) is 10.1 Å². The summed E-state index contributed by atoms with van der Waals surface area (Å²) < 4.78 is 45.4. The second-order valence-electron chi connectivity index (χ2n) is 6.51. The fraction of sp³-hybridized carbons (Fsp3) is 0.368. The number of hydrogen-bond acceptors (Lipinski definition) is 4. The molecular formula is C19H23FN2O3S. The third-order valence-corrected chi connectivity index (χ3v) is 6.18. The number of benzene rings is 2. The van der Waals surface area contributed by atoms with Gasteiger partial charge in [0, 0.05) is 31.9 Å². The number of ether oxygens (including phenoxy) is 1. The quantitative estimate of drug-likeness (QED) is 0.802. The highest BCUT2D eigenvalue weighted by molar-refractivity contribution is 7.89. The van der Waals surface area contributed by atoms with Gasteiger partial charge in [0.25, 0.3) is 0 Å². The molecule has 0 bridgehead atoms. The summed E-state index contributed by atoms with van der Waals surface area (Å²) in [5, 5.41) is 0. The molecule has 7 heteroatoms. The van der Waals surface area contributed by atoms with Gasteiger partial charge in [-0.15, -0.1) is 0 Å². The molecule has 0 aliphatic carbocycles. The van der Waals surface area contributed by atoms with E-state index < -0.39 is 15.8 Å². The average Bonchev–Trinajstić information content (AvgIpc) is 2.62. The van der Waals surface area contributed by atoms with Gasteiger partial charge in [-0.05, 0) is 62.4 Å². The molecule has 3 rings (SSSR count). The van der Waals surface area contributed by atoms with Crippen LogP contribution in [0.25, 0.3) is 0 Å². The summed E-state index contributed by atoms with van der Waals surface area (Å²) in [5.41, 5.74) is 1.04. The number of sulfonamides is 1. The minimum Gasteiger partial charge on any atom is -0.491 e. The van der Waals surface area contributed by atoms with Gasteiger partial charge in [0.15, 0.2) is 0 Å². The van der Waals surface area contributed by atoms with Crippen molar-refractivity contribution in [1.29, 1.82) is 0 Å². The van der Waals surface area contributed by atoms with Crippen LogP contribution in [0.1, 0.15) is 13.8 Å². The molecule has 0 amide bonds. The molecular weight excluding hydrogens is 355 g/mol. The molecule has 1 heterocycles. The van der Waals surface area contributed by atoms with Crippen molar-refractivity contribution in [3.63, 3.8) is 0 Å². The van der Waals surface area contributed by atoms with Crippen molar-refractivity contribution in [2.45, 2.75) is 24.8 Å². The van der Waals surface area contributed by atoms with Crippen LogP contribution in [0.15, 0.2) is 53.4 Å². The predicted molar refractivity (Wildman–Crippen MR) is 99.6 cm³/mol. The van der Waals surface area contributed by atoms with Gasteiger partial charge < -0.3 is 9.64 Å². The van der Waals surface area contributed by atoms with E-state index in [-0.39, 0.29) is 11.0 Å². The summed E-state index contributed by atoms with van der Waals surface area (Å²) in [7, 11) is -3.58. The number of halogens is 1. The Balaban J connectivity index is 1.64. The molecule has 0 atom stereocenters. The van der Waals surface area contributed by atoms with Crippen LogP contribution in [0.5, 0.6) is 5.75 Å². The van der Waals surface area contributed by atoms with Crippen molar-refractivity contribution in [1.82, 2.24) is 4.31 Å². The number of hydrogen-bond donors (Lipinski definition) is 0. The minimum absolute atomic E-state index is 0.126. The van der Waals surface area contributed by atoms with Gasteiger partial charge in [0.05, 0.1) is 11.0 Å². The highest BCUT2D eigenvalue weighted by Crippen LogP contribution is 2.23. The van der Waals surface area contributed by atoms with Crippen molar-refractivity contribution in [2.24, 2.45) is 0 Å². The van der Waals surface area contributed by atoms with Gasteiger partial charge in [-0.25, -0.2) is 12.8 Å². The first-order valence-electron chi connectivity index (χ1n) is 8.63. The molecule has 0 unspecified atom stereocenters. The Labute approximate surface area is 154 Å². The van der Waals surface area contributed by atoms with E-state index in [1.807, 2.05) is 38.1 Å². The summed E-state index contributed by atoms with van der Waals surface area (Å²) in [6.45, 7) is 5.95. The van der Waals surface area contributed by atoms with Crippen LogP contribution < -0.4 is 9.64 Å². The first-order chi connectivity index (χ1) is 12.4. The number of piperazine rings is 1. The first kappa shape index (κ1) is 18.7. The Morgan fingerprint density at radius 1 is 0.923 bits per heavy atom. The molecule has 1 saturated heterocycles. The van der Waals surface area contributed by atoms with E-state index in [0.717, 1.165) is 11.4 Å². The fourth-order valence-electron chi connectivity index (χ4n) is 2.95. The molecule has 0 radical (unpaired) electrons. The van der Waals surface area contributed by atoms with Crippen LogP contribution in [-0.2, 0) is 10.0 Å². The van der Waals surface area contributed by atoms with Crippen molar-refractivity contribution >= 4 is 15.7 Å². The maximum absolute atomic E-state index is 13.0. The molecule has 0 aromatic heterocycles. The molecule has 2 aromatic carbocycles. The minimum atomic E-state index is -3.58. The van der Waals surface area contributed by atoms with E-state index >= 15 is 0 Å². The van der Waals surface area contributed by atoms with Crippen molar-refractivity contribution in [3.8, 4) is 5.75 Å². The lowest BCUT2D eigenvalue weighted by Gasteiger charge is -2.35. The fourth-order valence-corrected chi connectivity index (χ4v) is 4.37. The lowest BCUT2D eigenvalue weighted by Crippen LogP contribution is -2.48. The van der Waals surface area contributed by atoms with Crippen LogP contribution in [0.3, 0.4) is 0 Å². The van der Waals surface area contributed by atoms with Crippen molar-refractivity contribution in [2.75, 3.05) is 31.1 Å². The van der Waals surface area contributed by atoms with E-state index in [4.69, 9.17) is 4.74 Å². The zero-order valence-corrected chi connectivity index (χ0v) is 15.7. The molecule has 1 aliphatic heterocycles. The zero-order valence-electron chi connectivity index (χ0n) is 14.9. The summed E-state index contributed by atoms with van der Waals surface area (Å²) in [6, 6.07) is 12.8. The van der Waals surface area contributed by atoms with Crippen LogP contribution in [-0.4, -0.2) is 45.0 Å². The normalized spacial score (nSPS) is 16.1. The van der Waals surface area contributed by atoms with Crippen molar-refractivity contribution < 1.29 is 17.5 Å². The third-order valence-electron chi connectivity index (χ3n) is 4.26. The highest BCUT2D eigenvalue weighted by atomic mass is 32.2. The molecule has 5 nitrogen and oxygen atoms in total. The van der Waals surface area contributed by atoms with Gasteiger partial charge >= 0.3 is 0 Å². The van der Waals surface area contributed by atoms with Crippen LogP contribution in [0, 0.1) is 5.82 Å². The highest BCUT2D eigenvalue weighted by Gasteiger charge is 2.28. The van der Waals surface area contributed by atoms with Gasteiger partial charge in [-0.3, -0.25) is 0 Å². The number of nitrogens with zero attached hydrogens (tertiary/aromatic N) is 2. The molecule has 26 heavy (non-hydrogen) atoms. The van der Waals surface area contributed by atoms with E-state index in [2.05, 4.69) is 4.90 Å². The van der Waals surface area contributed by atoms with Gasteiger partial charge in [0.2, 0.25) is 10.0 Å². The van der Waals surface area contributed by atoms with Gasteiger partial charge in [-0.1, -0.05) is 0 Å². The molecule has 1 fully saturated rings. The number of anilines is 1. The molecule has 2 aromatic rings. The lowest BCUT2D eigenvalue weighted by atomic mass is 10.2. The second kappa shape index (κ2) is 7.63. The van der Waals surface area contributed by atoms with E-state index in [0.29, 0.717) is 26.2 Å². The maximum Gasteiger partial charge on any atom is 0.243 e. The first-order valence-corrected chi connectivity index (χ1v) is 10.1. The maximum atomic E-state index is 13.0. The Morgan fingerprint density at radius 3 is 2.04 bits per heavy atom. The summed E-state index contributed by atoms with van der Waals surface area (Å²) in [6.07, 6.45) is 0.126. The van der Waals surface area contributed by atoms with E-state index in [1.54, 1.807) is 0 Å². The van der Waals surface area contributed by atoms with Gasteiger partial charge in [-0.2, -0.15) is 4.31 Å². The second-order valence-corrected chi connectivity index (χ2v) is 8.44. The standard InChI is InChI=1S/C19H23FN2O3S/c1-15(2)25-18-7-5-17(6-8-18)21-11-13-22(14-12-21)26(23,24)19-9-3-16(20)4-10-19/h3-10,15H,11-14H2,1-2H3. The lowest BCUT2D eigenvalue weighted by molar-refractivity contribution is 0.242. The predicted octanol–water partition coefficient (Wildman–Crippen LogP) is 3.12. The average molecular weight is 378 g/mol. The molecule has 140 valence electrons. The van der Waals surface area contributed by atoms with E-state index in [1.165, 1.54) is 28.6 Å². The Bertz CT molecular complexity index is 828. The number of rotatable bonds is 5. The molecule has 1 aliphatic rings. The molecule has 0 spiro atoms. The third kappa shape index (κ3) is 4.16. The summed E-state index contributed by atoms with van der Waals surface area (Å²) in [5.74, 6) is 0.375. The van der Waals surface area contributed by atoms with E-state index in [9.17, 15) is 12.8 Å². The van der Waals surface area contributed by atoms with Crippen LogP contribution >= 0.6 is 0 Å². The summed E-state index contributed by atoms with van der Waals surface area (Å²) >= 11 is 0. The Morgan fingerprint density at radius 2 is 1.50 bits per heavy atom.